The fraction of sp³-hybridized carbons (Fsp3) is 0.0500. The molecule has 0 fully saturated rings. The Morgan fingerprint density at radius 2 is 1.69 bits per heavy atom. The first-order valence-electron chi connectivity index (χ1n) is 8.57. The van der Waals surface area contributed by atoms with E-state index in [1.165, 1.54) is 17.7 Å². The average molecular weight is 425 g/mol. The Labute approximate surface area is 170 Å². The number of nitrogens with one attached hydrogen (secondary N) is 1. The van der Waals surface area contributed by atoms with Crippen LogP contribution < -0.4 is 4.72 Å². The van der Waals surface area contributed by atoms with E-state index in [0.29, 0.717) is 5.69 Å². The van der Waals surface area contributed by atoms with E-state index in [2.05, 4.69) is 15.8 Å². The van der Waals surface area contributed by atoms with Gasteiger partial charge in [-0.15, -0.1) is 11.3 Å². The molecule has 29 heavy (non-hydrogen) atoms. The summed E-state index contributed by atoms with van der Waals surface area (Å²) in [5.74, 6) is 0. The van der Waals surface area contributed by atoms with Gasteiger partial charge in [-0.3, -0.25) is 14.8 Å². The summed E-state index contributed by atoms with van der Waals surface area (Å²) in [6.45, 7) is 2.03. The molecule has 0 radical (unpaired) electrons. The third-order valence-electron chi connectivity index (χ3n) is 4.29. The molecule has 4 aromatic rings. The summed E-state index contributed by atoms with van der Waals surface area (Å²) < 4.78 is 28.6. The number of thiazole rings is 1. The number of rotatable bonds is 5. The van der Waals surface area contributed by atoms with Gasteiger partial charge >= 0.3 is 0 Å². The predicted molar refractivity (Wildman–Crippen MR) is 114 cm³/mol. The van der Waals surface area contributed by atoms with Crippen LogP contribution in [0.4, 0.5) is 11.4 Å². The van der Waals surface area contributed by atoms with Gasteiger partial charge in [-0.25, -0.2) is 13.4 Å². The maximum atomic E-state index is 12.5. The standard InChI is InChI=1S/C20H15N3O4S2/c1-13-2-11-18-19(12-13)28-20(21-18)14-3-5-15(6-4-14)22-29(26,27)17-9-7-16(8-10-17)23(24)25/h2-12,22H,1H3. The second kappa shape index (κ2) is 7.26. The number of aryl methyl sites for hydroxylation is 1. The number of hydrogen-bond acceptors (Lipinski definition) is 6. The van der Waals surface area contributed by atoms with Crippen molar-refractivity contribution in [2.45, 2.75) is 11.8 Å². The van der Waals surface area contributed by atoms with Gasteiger partial charge < -0.3 is 0 Å². The fourth-order valence-corrected chi connectivity index (χ4v) is 4.93. The summed E-state index contributed by atoms with van der Waals surface area (Å²) in [6, 6.07) is 17.7. The van der Waals surface area contributed by atoms with Gasteiger partial charge in [0.25, 0.3) is 15.7 Å². The monoisotopic (exact) mass is 425 g/mol. The average Bonchev–Trinajstić information content (AvgIpc) is 3.11. The molecule has 1 N–H and O–H groups in total. The van der Waals surface area contributed by atoms with E-state index in [0.717, 1.165) is 32.9 Å². The third kappa shape index (κ3) is 3.96. The summed E-state index contributed by atoms with van der Waals surface area (Å²) in [7, 11) is -3.84. The van der Waals surface area contributed by atoms with E-state index < -0.39 is 14.9 Å². The number of non-ortho nitro benzene ring substituents is 1. The van der Waals surface area contributed by atoms with Crippen LogP contribution in [0.1, 0.15) is 5.56 Å². The van der Waals surface area contributed by atoms with Crippen molar-refractivity contribution in [3.05, 3.63) is 82.4 Å². The highest BCUT2D eigenvalue weighted by atomic mass is 32.2. The minimum absolute atomic E-state index is 0.0475. The molecule has 0 spiro atoms. The Hall–Kier alpha value is -3.30. The van der Waals surface area contributed by atoms with Crippen LogP contribution in [0.25, 0.3) is 20.8 Å². The highest BCUT2D eigenvalue weighted by Crippen LogP contribution is 2.31. The summed E-state index contributed by atoms with van der Waals surface area (Å²) in [5.41, 5.74) is 3.22. The zero-order chi connectivity index (χ0) is 20.6. The third-order valence-corrected chi connectivity index (χ3v) is 6.75. The van der Waals surface area contributed by atoms with Crippen molar-refractivity contribution in [1.82, 2.24) is 4.98 Å². The number of anilines is 1. The van der Waals surface area contributed by atoms with Crippen LogP contribution in [0.5, 0.6) is 0 Å². The molecule has 146 valence electrons. The number of nitro groups is 1. The molecule has 9 heteroatoms. The molecular weight excluding hydrogens is 410 g/mol. The maximum Gasteiger partial charge on any atom is 0.269 e. The molecule has 4 rings (SSSR count). The van der Waals surface area contributed by atoms with Crippen molar-refractivity contribution in [3.63, 3.8) is 0 Å². The number of nitro benzene ring substituents is 1. The molecule has 1 heterocycles. The number of sulfonamides is 1. The SMILES string of the molecule is Cc1ccc2nc(-c3ccc(NS(=O)(=O)c4ccc([N+](=O)[O-])cc4)cc3)sc2c1. The Bertz CT molecular complexity index is 1310. The Kier molecular flexibility index (Phi) is 4.77. The van der Waals surface area contributed by atoms with Crippen LogP contribution in [0, 0.1) is 17.0 Å². The Balaban J connectivity index is 1.56. The Morgan fingerprint density at radius 1 is 1.00 bits per heavy atom. The summed E-state index contributed by atoms with van der Waals surface area (Å²) >= 11 is 1.58. The molecule has 0 saturated heterocycles. The van der Waals surface area contributed by atoms with Crippen molar-refractivity contribution < 1.29 is 13.3 Å². The molecule has 1 aromatic heterocycles. The molecule has 0 bridgehead atoms. The molecule has 0 aliphatic carbocycles. The minimum Gasteiger partial charge on any atom is -0.280 e. The predicted octanol–water partition coefficient (Wildman–Crippen LogP) is 4.98. The van der Waals surface area contributed by atoms with E-state index in [-0.39, 0.29) is 10.6 Å². The van der Waals surface area contributed by atoms with Gasteiger partial charge in [0.05, 0.1) is 20.0 Å². The fourth-order valence-electron chi connectivity index (χ4n) is 2.80. The van der Waals surface area contributed by atoms with Crippen LogP contribution in [0.3, 0.4) is 0 Å². The van der Waals surface area contributed by atoms with E-state index in [4.69, 9.17) is 0 Å². The topological polar surface area (TPSA) is 102 Å². The van der Waals surface area contributed by atoms with E-state index in [1.807, 2.05) is 19.1 Å². The first kappa shape index (κ1) is 19.0. The molecule has 0 atom stereocenters. The van der Waals surface area contributed by atoms with Gasteiger partial charge in [0.15, 0.2) is 0 Å². The molecule has 0 aliphatic heterocycles. The number of aromatic nitrogens is 1. The molecule has 0 unspecified atom stereocenters. The number of hydrogen-bond donors (Lipinski definition) is 1. The maximum absolute atomic E-state index is 12.5. The van der Waals surface area contributed by atoms with Gasteiger partial charge in [0, 0.05) is 23.4 Å². The van der Waals surface area contributed by atoms with Crippen molar-refractivity contribution in [3.8, 4) is 10.6 Å². The lowest BCUT2D eigenvalue weighted by molar-refractivity contribution is -0.384. The summed E-state index contributed by atoms with van der Waals surface area (Å²) in [5, 5.41) is 11.6. The quantitative estimate of drug-likeness (QED) is 0.359. The van der Waals surface area contributed by atoms with Crippen molar-refractivity contribution in [2.24, 2.45) is 0 Å². The van der Waals surface area contributed by atoms with E-state index in [1.54, 1.807) is 35.6 Å². The van der Waals surface area contributed by atoms with Gasteiger partial charge in [-0.1, -0.05) is 6.07 Å². The second-order valence-corrected chi connectivity index (χ2v) is 9.14. The second-order valence-electron chi connectivity index (χ2n) is 6.42. The lowest BCUT2D eigenvalue weighted by Gasteiger charge is -2.08. The van der Waals surface area contributed by atoms with Crippen LogP contribution in [0.2, 0.25) is 0 Å². The number of fused-ring (bicyclic) bond motifs is 1. The highest BCUT2D eigenvalue weighted by molar-refractivity contribution is 7.92. The molecule has 0 aliphatic rings. The van der Waals surface area contributed by atoms with Gasteiger partial charge in [-0.05, 0) is 61.0 Å². The summed E-state index contributed by atoms with van der Waals surface area (Å²) in [4.78, 5) is 14.7. The van der Waals surface area contributed by atoms with Crippen LogP contribution in [-0.2, 0) is 10.0 Å². The molecule has 0 amide bonds. The van der Waals surface area contributed by atoms with Crippen molar-refractivity contribution in [2.75, 3.05) is 4.72 Å². The normalized spacial score (nSPS) is 11.5. The smallest absolute Gasteiger partial charge is 0.269 e. The van der Waals surface area contributed by atoms with Crippen LogP contribution in [-0.4, -0.2) is 18.3 Å². The summed E-state index contributed by atoms with van der Waals surface area (Å²) in [6.07, 6.45) is 0. The molecule has 7 nitrogen and oxygen atoms in total. The largest absolute Gasteiger partial charge is 0.280 e. The van der Waals surface area contributed by atoms with Crippen LogP contribution >= 0.6 is 11.3 Å². The molecule has 3 aromatic carbocycles. The van der Waals surface area contributed by atoms with Gasteiger partial charge in [0.2, 0.25) is 0 Å². The first-order chi connectivity index (χ1) is 13.8. The number of benzene rings is 3. The lowest BCUT2D eigenvalue weighted by atomic mass is 10.2. The Morgan fingerprint density at radius 3 is 2.34 bits per heavy atom. The van der Waals surface area contributed by atoms with Gasteiger partial charge in [-0.2, -0.15) is 0 Å². The number of nitrogens with zero attached hydrogens (tertiary/aromatic N) is 2. The zero-order valence-corrected chi connectivity index (χ0v) is 16.8. The highest BCUT2D eigenvalue weighted by Gasteiger charge is 2.16. The van der Waals surface area contributed by atoms with Crippen molar-refractivity contribution >= 4 is 43.0 Å². The first-order valence-corrected chi connectivity index (χ1v) is 10.9. The van der Waals surface area contributed by atoms with E-state index in [9.17, 15) is 18.5 Å². The molecule has 0 saturated carbocycles. The zero-order valence-electron chi connectivity index (χ0n) is 15.2. The van der Waals surface area contributed by atoms with Gasteiger partial charge in [0.1, 0.15) is 5.01 Å². The lowest BCUT2D eigenvalue weighted by Crippen LogP contribution is -2.12. The van der Waals surface area contributed by atoms with Crippen LogP contribution in [0.15, 0.2) is 71.6 Å². The molecular formula is C20H15N3O4S2. The minimum atomic E-state index is -3.84. The van der Waals surface area contributed by atoms with E-state index >= 15 is 0 Å². The van der Waals surface area contributed by atoms with Crippen molar-refractivity contribution in [1.29, 1.82) is 0 Å².